The zero-order valence-corrected chi connectivity index (χ0v) is 9.40. The lowest BCUT2D eigenvalue weighted by molar-refractivity contribution is 0.145. The van der Waals surface area contributed by atoms with Gasteiger partial charge < -0.3 is 14.7 Å². The van der Waals surface area contributed by atoms with Crippen LogP contribution in [0, 0.1) is 0 Å². The van der Waals surface area contributed by atoms with Crippen LogP contribution in [0.3, 0.4) is 0 Å². The maximum Gasteiger partial charge on any atom is 0.407 e. The maximum absolute atomic E-state index is 10.7. The largest absolute Gasteiger partial charge is 0.484 e. The van der Waals surface area contributed by atoms with Gasteiger partial charge >= 0.3 is 6.09 Å². The topological polar surface area (TPSA) is 78.4 Å². The molecule has 0 aromatic carbocycles. The van der Waals surface area contributed by atoms with Gasteiger partial charge in [-0.2, -0.15) is 5.10 Å². The molecule has 2 heterocycles. The van der Waals surface area contributed by atoms with E-state index in [0.717, 1.165) is 0 Å². The molecule has 0 saturated carbocycles. The van der Waals surface area contributed by atoms with Gasteiger partial charge in [0.15, 0.2) is 5.75 Å². The third kappa shape index (κ3) is 2.23. The SMILES string of the molecule is O=C(O)N1CC[C@H](Oc2cn[nH]c2Br)C1. The number of nitrogens with one attached hydrogen (secondary N) is 1. The number of likely N-dealkylation sites (tertiary alicyclic amines) is 1. The average Bonchev–Trinajstić information content (AvgIpc) is 2.77. The van der Waals surface area contributed by atoms with E-state index in [1.165, 1.54) is 4.90 Å². The van der Waals surface area contributed by atoms with Crippen LogP contribution in [0.4, 0.5) is 4.79 Å². The Bertz CT molecular complexity index is 368. The maximum atomic E-state index is 10.7. The zero-order chi connectivity index (χ0) is 10.8. The lowest BCUT2D eigenvalue weighted by atomic mass is 10.3. The molecule has 1 aromatic rings. The van der Waals surface area contributed by atoms with Crippen LogP contribution < -0.4 is 4.74 Å². The summed E-state index contributed by atoms with van der Waals surface area (Å²) in [5.41, 5.74) is 0. The van der Waals surface area contributed by atoms with E-state index in [9.17, 15) is 4.79 Å². The lowest BCUT2D eigenvalue weighted by Crippen LogP contribution is -2.29. The van der Waals surface area contributed by atoms with Crippen molar-refractivity contribution in [3.8, 4) is 5.75 Å². The van der Waals surface area contributed by atoms with Gasteiger partial charge in [0, 0.05) is 13.0 Å². The molecule has 1 saturated heterocycles. The molecule has 2 N–H and O–H groups in total. The van der Waals surface area contributed by atoms with Gasteiger partial charge in [0.05, 0.1) is 12.7 Å². The monoisotopic (exact) mass is 275 g/mol. The summed E-state index contributed by atoms with van der Waals surface area (Å²) in [5, 5.41) is 15.2. The van der Waals surface area contributed by atoms with Crippen molar-refractivity contribution in [1.29, 1.82) is 0 Å². The number of rotatable bonds is 2. The highest BCUT2D eigenvalue weighted by Gasteiger charge is 2.27. The highest BCUT2D eigenvalue weighted by molar-refractivity contribution is 9.10. The molecule has 82 valence electrons. The number of carboxylic acid groups (broad SMARTS) is 1. The molecule has 1 aromatic heterocycles. The molecule has 0 aliphatic carbocycles. The molecule has 0 unspecified atom stereocenters. The number of aromatic amines is 1. The fraction of sp³-hybridized carbons (Fsp3) is 0.500. The van der Waals surface area contributed by atoms with Crippen molar-refractivity contribution in [1.82, 2.24) is 15.1 Å². The van der Waals surface area contributed by atoms with Gasteiger partial charge in [0.25, 0.3) is 0 Å². The molecule has 2 rings (SSSR count). The summed E-state index contributed by atoms with van der Waals surface area (Å²) in [6.45, 7) is 0.933. The second-order valence-corrected chi connectivity index (χ2v) is 4.10. The second kappa shape index (κ2) is 4.09. The Balaban J connectivity index is 1.93. The Kier molecular flexibility index (Phi) is 2.81. The van der Waals surface area contributed by atoms with Gasteiger partial charge in [0.1, 0.15) is 10.7 Å². The highest BCUT2D eigenvalue weighted by atomic mass is 79.9. The molecule has 1 aliphatic heterocycles. The fourth-order valence-electron chi connectivity index (χ4n) is 1.52. The number of hydrogen-bond acceptors (Lipinski definition) is 3. The standard InChI is InChI=1S/C8H10BrN3O3/c9-7-6(3-10-11-7)15-5-1-2-12(4-5)8(13)14/h3,5H,1-2,4H2,(H,10,11)(H,13,14)/t5-/m0/s1. The minimum atomic E-state index is -0.896. The van der Waals surface area contributed by atoms with Crippen molar-refractivity contribution in [2.24, 2.45) is 0 Å². The first-order chi connectivity index (χ1) is 7.16. The van der Waals surface area contributed by atoms with Crippen LogP contribution in [0.2, 0.25) is 0 Å². The minimum Gasteiger partial charge on any atom is -0.484 e. The lowest BCUT2D eigenvalue weighted by Gasteiger charge is -2.13. The van der Waals surface area contributed by atoms with Gasteiger partial charge in [-0.25, -0.2) is 4.79 Å². The minimum absolute atomic E-state index is 0.0880. The molecule has 1 aliphatic rings. The van der Waals surface area contributed by atoms with Gasteiger partial charge in [-0.1, -0.05) is 0 Å². The molecule has 1 fully saturated rings. The van der Waals surface area contributed by atoms with E-state index in [2.05, 4.69) is 26.1 Å². The van der Waals surface area contributed by atoms with Crippen LogP contribution in [0.1, 0.15) is 6.42 Å². The number of hydrogen-bond donors (Lipinski definition) is 2. The summed E-state index contributed by atoms with van der Waals surface area (Å²) in [6.07, 6.45) is 1.29. The van der Waals surface area contributed by atoms with Crippen molar-refractivity contribution in [3.05, 3.63) is 10.8 Å². The van der Waals surface area contributed by atoms with Gasteiger partial charge in [-0.05, 0) is 15.9 Å². The molecule has 6 nitrogen and oxygen atoms in total. The summed E-state index contributed by atoms with van der Waals surface area (Å²) < 4.78 is 6.26. The van der Waals surface area contributed by atoms with Crippen molar-refractivity contribution in [2.45, 2.75) is 12.5 Å². The van der Waals surface area contributed by atoms with Crippen LogP contribution >= 0.6 is 15.9 Å². The number of ether oxygens (including phenoxy) is 1. The first-order valence-electron chi connectivity index (χ1n) is 4.50. The summed E-state index contributed by atoms with van der Waals surface area (Å²) in [6, 6.07) is 0. The molecular weight excluding hydrogens is 266 g/mol. The number of aromatic nitrogens is 2. The van der Waals surface area contributed by atoms with Crippen molar-refractivity contribution in [3.63, 3.8) is 0 Å². The number of nitrogens with zero attached hydrogens (tertiary/aromatic N) is 2. The third-order valence-corrected chi connectivity index (χ3v) is 2.84. The summed E-state index contributed by atoms with van der Waals surface area (Å²) in [4.78, 5) is 12.0. The molecular formula is C8H10BrN3O3. The quantitative estimate of drug-likeness (QED) is 0.853. The molecule has 1 amide bonds. The Morgan fingerprint density at radius 3 is 3.13 bits per heavy atom. The van der Waals surface area contributed by atoms with Crippen LogP contribution in [-0.2, 0) is 0 Å². The van der Waals surface area contributed by atoms with E-state index >= 15 is 0 Å². The van der Waals surface area contributed by atoms with Gasteiger partial charge in [-0.15, -0.1) is 0 Å². The smallest absolute Gasteiger partial charge is 0.407 e. The molecule has 15 heavy (non-hydrogen) atoms. The molecule has 0 bridgehead atoms. The Hall–Kier alpha value is -1.24. The number of carbonyl (C=O) groups is 1. The van der Waals surface area contributed by atoms with Crippen LogP contribution in [0.5, 0.6) is 5.75 Å². The van der Waals surface area contributed by atoms with E-state index < -0.39 is 6.09 Å². The summed E-state index contributed by atoms with van der Waals surface area (Å²) in [5.74, 6) is 0.618. The Morgan fingerprint density at radius 1 is 1.80 bits per heavy atom. The molecule has 0 spiro atoms. The van der Waals surface area contributed by atoms with E-state index in [4.69, 9.17) is 9.84 Å². The van der Waals surface area contributed by atoms with Gasteiger partial charge in [0.2, 0.25) is 0 Å². The first-order valence-corrected chi connectivity index (χ1v) is 5.29. The van der Waals surface area contributed by atoms with E-state index in [1.54, 1.807) is 6.20 Å². The van der Waals surface area contributed by atoms with Crippen molar-refractivity contribution < 1.29 is 14.6 Å². The third-order valence-electron chi connectivity index (χ3n) is 2.27. The van der Waals surface area contributed by atoms with Crippen LogP contribution in [0.15, 0.2) is 10.8 Å². The van der Waals surface area contributed by atoms with Crippen LogP contribution in [0.25, 0.3) is 0 Å². The number of amides is 1. The predicted octanol–water partition coefficient (Wildman–Crippen LogP) is 1.30. The van der Waals surface area contributed by atoms with Gasteiger partial charge in [-0.3, -0.25) is 5.10 Å². The van der Waals surface area contributed by atoms with Crippen molar-refractivity contribution in [2.75, 3.05) is 13.1 Å². The zero-order valence-electron chi connectivity index (χ0n) is 7.81. The van der Waals surface area contributed by atoms with Crippen LogP contribution in [-0.4, -0.2) is 45.5 Å². The first kappa shape index (κ1) is 10.3. The number of halogens is 1. The van der Waals surface area contributed by atoms with E-state index in [0.29, 0.717) is 29.9 Å². The highest BCUT2D eigenvalue weighted by Crippen LogP contribution is 2.24. The predicted molar refractivity (Wildman–Crippen MR) is 54.9 cm³/mol. The molecule has 0 radical (unpaired) electrons. The van der Waals surface area contributed by atoms with E-state index in [-0.39, 0.29) is 6.10 Å². The second-order valence-electron chi connectivity index (χ2n) is 3.31. The Labute approximate surface area is 94.3 Å². The molecule has 7 heteroatoms. The number of H-pyrrole nitrogens is 1. The van der Waals surface area contributed by atoms with Crippen molar-refractivity contribution >= 4 is 22.0 Å². The average molecular weight is 276 g/mol. The normalized spacial score (nSPS) is 20.6. The fourth-order valence-corrected chi connectivity index (χ4v) is 1.82. The van der Waals surface area contributed by atoms with E-state index in [1.807, 2.05) is 0 Å². The molecule has 1 atom stereocenters. The summed E-state index contributed by atoms with van der Waals surface area (Å²) >= 11 is 3.24. The Morgan fingerprint density at radius 2 is 2.60 bits per heavy atom. The summed E-state index contributed by atoms with van der Waals surface area (Å²) in [7, 11) is 0.